The number of benzene rings is 2. The third kappa shape index (κ3) is 2.38. The van der Waals surface area contributed by atoms with Crippen molar-refractivity contribution in [3.63, 3.8) is 0 Å². The number of halogens is 2. The van der Waals surface area contributed by atoms with Crippen LogP contribution in [0.4, 0.5) is 0 Å². The number of piperidine rings is 1. The van der Waals surface area contributed by atoms with Crippen LogP contribution in [0.15, 0.2) is 36.4 Å². The Morgan fingerprint density at radius 1 is 1.05 bits per heavy atom. The van der Waals surface area contributed by atoms with E-state index in [1.54, 1.807) is 0 Å². The fraction of sp³-hybridized carbons (Fsp3) is 0.333. The zero-order valence-electron chi connectivity index (χ0n) is 11.7. The smallest absolute Gasteiger partial charge is 0.0499 e. The van der Waals surface area contributed by atoms with E-state index in [1.165, 1.54) is 29.5 Å². The first-order chi connectivity index (χ1) is 10.2. The van der Waals surface area contributed by atoms with Crippen LogP contribution in [-0.4, -0.2) is 13.1 Å². The summed E-state index contributed by atoms with van der Waals surface area (Å²) in [6.07, 6.45) is 2.52. The van der Waals surface area contributed by atoms with E-state index in [1.807, 2.05) is 18.2 Å². The Kier molecular flexibility index (Phi) is 3.45. The molecule has 0 spiro atoms. The molecule has 2 aromatic carbocycles. The molecule has 1 heterocycles. The minimum atomic E-state index is 0.666. The van der Waals surface area contributed by atoms with E-state index in [0.717, 1.165) is 29.6 Å². The highest BCUT2D eigenvalue weighted by atomic mass is 35.5. The first-order valence-corrected chi connectivity index (χ1v) is 8.27. The van der Waals surface area contributed by atoms with Crippen molar-refractivity contribution in [2.75, 3.05) is 13.1 Å². The fourth-order valence-electron chi connectivity index (χ4n) is 3.82. The fourth-order valence-corrected chi connectivity index (χ4v) is 4.34. The summed E-state index contributed by atoms with van der Waals surface area (Å²) in [5.74, 6) is 1.48. The number of hydrogen-bond acceptors (Lipinski definition) is 1. The van der Waals surface area contributed by atoms with Crippen LogP contribution in [0.5, 0.6) is 0 Å². The van der Waals surface area contributed by atoms with Crippen LogP contribution in [0.3, 0.4) is 0 Å². The topological polar surface area (TPSA) is 12.0 Å². The Labute approximate surface area is 135 Å². The van der Waals surface area contributed by atoms with Gasteiger partial charge in [-0.3, -0.25) is 0 Å². The molecule has 3 heteroatoms. The van der Waals surface area contributed by atoms with Gasteiger partial charge in [0.25, 0.3) is 0 Å². The SMILES string of the molecule is Clc1ccc(-c2ccc3c(c2)C2CNCCC2C3)c(Cl)c1. The molecular formula is C18H17Cl2N. The van der Waals surface area contributed by atoms with Gasteiger partial charge in [0.2, 0.25) is 0 Å². The average Bonchev–Trinajstić information content (AvgIpc) is 2.85. The second-order valence-corrected chi connectivity index (χ2v) is 6.94. The summed E-state index contributed by atoms with van der Waals surface area (Å²) in [5.41, 5.74) is 5.29. The second kappa shape index (κ2) is 5.31. The van der Waals surface area contributed by atoms with Crippen LogP contribution in [0, 0.1) is 5.92 Å². The largest absolute Gasteiger partial charge is 0.316 e. The van der Waals surface area contributed by atoms with Gasteiger partial charge in [0, 0.05) is 22.2 Å². The third-order valence-electron chi connectivity index (χ3n) is 4.89. The molecule has 1 nitrogen and oxygen atoms in total. The zero-order chi connectivity index (χ0) is 14.4. The molecule has 21 heavy (non-hydrogen) atoms. The number of rotatable bonds is 1. The summed E-state index contributed by atoms with van der Waals surface area (Å²) >= 11 is 12.4. The minimum Gasteiger partial charge on any atom is -0.316 e. The van der Waals surface area contributed by atoms with Crippen molar-refractivity contribution in [3.8, 4) is 11.1 Å². The maximum Gasteiger partial charge on any atom is 0.0499 e. The molecule has 2 aliphatic rings. The Morgan fingerprint density at radius 3 is 2.81 bits per heavy atom. The molecule has 0 saturated carbocycles. The maximum atomic E-state index is 6.36. The van der Waals surface area contributed by atoms with Gasteiger partial charge in [0.1, 0.15) is 0 Å². The zero-order valence-corrected chi connectivity index (χ0v) is 13.2. The molecule has 1 N–H and O–H groups in total. The summed E-state index contributed by atoms with van der Waals surface area (Å²) in [7, 11) is 0. The van der Waals surface area contributed by atoms with Gasteiger partial charge in [-0.2, -0.15) is 0 Å². The lowest BCUT2D eigenvalue weighted by molar-refractivity contribution is 0.347. The molecule has 2 aromatic rings. The van der Waals surface area contributed by atoms with Crippen molar-refractivity contribution >= 4 is 23.2 Å². The van der Waals surface area contributed by atoms with Crippen molar-refractivity contribution < 1.29 is 0 Å². The Balaban J connectivity index is 1.76. The number of fused-ring (bicyclic) bond motifs is 3. The lowest BCUT2D eigenvalue weighted by Crippen LogP contribution is -2.32. The highest BCUT2D eigenvalue weighted by molar-refractivity contribution is 6.36. The van der Waals surface area contributed by atoms with Crippen LogP contribution >= 0.6 is 23.2 Å². The van der Waals surface area contributed by atoms with Crippen LogP contribution < -0.4 is 5.32 Å². The van der Waals surface area contributed by atoms with E-state index in [-0.39, 0.29) is 0 Å². The quantitative estimate of drug-likeness (QED) is 0.788. The highest BCUT2D eigenvalue weighted by Crippen LogP contribution is 2.43. The van der Waals surface area contributed by atoms with Crippen LogP contribution in [0.2, 0.25) is 10.0 Å². The number of hydrogen-bond donors (Lipinski definition) is 1. The molecular weight excluding hydrogens is 301 g/mol. The van der Waals surface area contributed by atoms with Crippen molar-refractivity contribution in [2.24, 2.45) is 5.92 Å². The molecule has 2 atom stereocenters. The molecule has 1 saturated heterocycles. The first kappa shape index (κ1) is 13.6. The normalized spacial score (nSPS) is 23.7. The van der Waals surface area contributed by atoms with Crippen LogP contribution in [0.25, 0.3) is 11.1 Å². The van der Waals surface area contributed by atoms with Gasteiger partial charge >= 0.3 is 0 Å². The average molecular weight is 318 g/mol. The summed E-state index contributed by atoms with van der Waals surface area (Å²) in [4.78, 5) is 0. The Hall–Kier alpha value is -1.02. The van der Waals surface area contributed by atoms with Crippen LogP contribution in [-0.2, 0) is 6.42 Å². The number of nitrogens with one attached hydrogen (secondary N) is 1. The summed E-state index contributed by atoms with van der Waals surface area (Å²) in [6.45, 7) is 2.26. The van der Waals surface area contributed by atoms with Gasteiger partial charge in [-0.25, -0.2) is 0 Å². The molecule has 4 rings (SSSR count). The van der Waals surface area contributed by atoms with E-state index < -0.39 is 0 Å². The summed E-state index contributed by atoms with van der Waals surface area (Å²) in [6, 6.07) is 12.5. The van der Waals surface area contributed by atoms with E-state index >= 15 is 0 Å². The Morgan fingerprint density at radius 2 is 1.95 bits per heavy atom. The van der Waals surface area contributed by atoms with Crippen molar-refractivity contribution in [2.45, 2.75) is 18.8 Å². The molecule has 0 aromatic heterocycles. The predicted molar refractivity (Wildman–Crippen MR) is 89.3 cm³/mol. The lowest BCUT2D eigenvalue weighted by atomic mass is 9.86. The van der Waals surface area contributed by atoms with Crippen molar-refractivity contribution in [1.82, 2.24) is 5.32 Å². The standard InChI is InChI=1S/C18H17Cl2N/c19-14-3-4-15(18(20)9-14)12-2-1-11-7-13-5-6-21-10-17(13)16(11)8-12/h1-4,8-9,13,17,21H,5-7,10H2. The summed E-state index contributed by atoms with van der Waals surface area (Å²) < 4.78 is 0. The molecule has 1 aliphatic heterocycles. The van der Waals surface area contributed by atoms with Crippen molar-refractivity contribution in [1.29, 1.82) is 0 Å². The predicted octanol–water partition coefficient (Wildman–Crippen LogP) is 4.91. The molecule has 1 aliphatic carbocycles. The summed E-state index contributed by atoms with van der Waals surface area (Å²) in [5, 5.41) is 4.93. The van der Waals surface area contributed by atoms with Gasteiger partial charge in [-0.15, -0.1) is 0 Å². The highest BCUT2D eigenvalue weighted by Gasteiger charge is 2.34. The van der Waals surface area contributed by atoms with Gasteiger partial charge in [-0.1, -0.05) is 47.5 Å². The molecule has 0 bridgehead atoms. The van der Waals surface area contributed by atoms with Gasteiger partial charge < -0.3 is 5.32 Å². The monoisotopic (exact) mass is 317 g/mol. The molecule has 0 amide bonds. The lowest BCUT2D eigenvalue weighted by Gasteiger charge is -2.26. The van der Waals surface area contributed by atoms with E-state index in [2.05, 4.69) is 23.5 Å². The molecule has 108 valence electrons. The van der Waals surface area contributed by atoms with E-state index in [9.17, 15) is 0 Å². The molecule has 2 unspecified atom stereocenters. The van der Waals surface area contributed by atoms with Crippen molar-refractivity contribution in [3.05, 3.63) is 57.6 Å². The first-order valence-electron chi connectivity index (χ1n) is 7.51. The minimum absolute atomic E-state index is 0.666. The van der Waals surface area contributed by atoms with Crippen LogP contribution in [0.1, 0.15) is 23.5 Å². The maximum absolute atomic E-state index is 6.36. The van der Waals surface area contributed by atoms with E-state index in [0.29, 0.717) is 10.9 Å². The van der Waals surface area contributed by atoms with E-state index in [4.69, 9.17) is 23.2 Å². The molecule has 0 radical (unpaired) electrons. The van der Waals surface area contributed by atoms with Gasteiger partial charge in [0.15, 0.2) is 0 Å². The van der Waals surface area contributed by atoms with Gasteiger partial charge in [0.05, 0.1) is 0 Å². The third-order valence-corrected chi connectivity index (χ3v) is 5.44. The van der Waals surface area contributed by atoms with Gasteiger partial charge in [-0.05, 0) is 60.0 Å². The molecule has 1 fully saturated rings. The second-order valence-electron chi connectivity index (χ2n) is 6.10. The Bertz CT molecular complexity index is 696.